The van der Waals surface area contributed by atoms with E-state index in [2.05, 4.69) is 58.5 Å². The third-order valence-corrected chi connectivity index (χ3v) is 10.7. The number of benzene rings is 3. The molecule has 1 fully saturated rings. The van der Waals surface area contributed by atoms with Gasteiger partial charge in [0.2, 0.25) is 0 Å². The molecule has 1 amide bonds. The lowest BCUT2D eigenvalue weighted by atomic mass is 9.75. The molecule has 0 radical (unpaired) electrons. The fourth-order valence-electron chi connectivity index (χ4n) is 7.91. The predicted molar refractivity (Wildman–Crippen MR) is 216 cm³/mol. The standard InChI is InChI=1S/C45H60N4O5/c1-2-3-4-5-6-7-8-9-10-11-12-13-14-24-31-46-42(51)40-33-49(44(53)47-43(40)52)41-34-48(32-39(35-50)54-41)45(36-25-18-15-19-26-36,37-27-20-16-21-28-37)38-29-22-17-23-30-38/h15-23,25-30,33,39,41,50H,2-14,24,31-32,34-35H2,1H3,(H,46,51)(H,47,52,53). The van der Waals surface area contributed by atoms with Crippen molar-refractivity contribution in [3.63, 3.8) is 0 Å². The minimum Gasteiger partial charge on any atom is -0.394 e. The van der Waals surface area contributed by atoms with Crippen LogP contribution in [-0.2, 0) is 10.3 Å². The van der Waals surface area contributed by atoms with Crippen molar-refractivity contribution in [2.75, 3.05) is 26.2 Å². The molecule has 54 heavy (non-hydrogen) atoms. The highest BCUT2D eigenvalue weighted by Gasteiger charge is 2.46. The van der Waals surface area contributed by atoms with Crippen LogP contribution in [0.25, 0.3) is 0 Å². The number of ether oxygens (including phenoxy) is 1. The molecule has 4 aromatic rings. The average molecular weight is 737 g/mol. The largest absolute Gasteiger partial charge is 0.394 e. The molecule has 2 atom stereocenters. The molecule has 290 valence electrons. The van der Waals surface area contributed by atoms with Gasteiger partial charge in [-0.2, -0.15) is 0 Å². The second-order valence-electron chi connectivity index (χ2n) is 14.7. The van der Waals surface area contributed by atoms with Crippen molar-refractivity contribution in [1.29, 1.82) is 0 Å². The maximum atomic E-state index is 13.4. The van der Waals surface area contributed by atoms with Crippen molar-refractivity contribution in [2.24, 2.45) is 0 Å². The number of aromatic nitrogens is 2. The van der Waals surface area contributed by atoms with Crippen molar-refractivity contribution in [3.05, 3.63) is 140 Å². The number of hydrogen-bond donors (Lipinski definition) is 3. The van der Waals surface area contributed by atoms with E-state index in [-0.39, 0.29) is 18.7 Å². The van der Waals surface area contributed by atoms with Crippen LogP contribution < -0.4 is 16.6 Å². The van der Waals surface area contributed by atoms with Crippen LogP contribution in [0, 0.1) is 0 Å². The summed E-state index contributed by atoms with van der Waals surface area (Å²) in [5.41, 5.74) is 0.636. The van der Waals surface area contributed by atoms with E-state index in [1.54, 1.807) is 0 Å². The number of rotatable bonds is 22. The number of nitrogens with zero attached hydrogens (tertiary/aromatic N) is 2. The van der Waals surface area contributed by atoms with E-state index in [1.807, 2.05) is 54.6 Å². The normalized spacial score (nSPS) is 16.3. The Bertz CT molecular complexity index is 1700. The Morgan fingerprint density at radius 1 is 0.722 bits per heavy atom. The zero-order valence-electron chi connectivity index (χ0n) is 32.1. The van der Waals surface area contributed by atoms with Crippen molar-refractivity contribution in [3.8, 4) is 0 Å². The van der Waals surface area contributed by atoms with Crippen LogP contribution in [0.2, 0.25) is 0 Å². The van der Waals surface area contributed by atoms with Crippen molar-refractivity contribution < 1.29 is 14.6 Å². The minimum atomic E-state index is -0.909. The lowest BCUT2D eigenvalue weighted by Gasteiger charge is -2.50. The van der Waals surface area contributed by atoms with Crippen LogP contribution in [0.15, 0.2) is 107 Å². The van der Waals surface area contributed by atoms with Gasteiger partial charge in [-0.25, -0.2) is 4.79 Å². The number of morpholine rings is 1. The van der Waals surface area contributed by atoms with E-state index >= 15 is 0 Å². The highest BCUT2D eigenvalue weighted by atomic mass is 16.5. The molecule has 1 saturated heterocycles. The summed E-state index contributed by atoms with van der Waals surface area (Å²) in [6, 6.07) is 30.5. The Hall–Kier alpha value is -4.31. The SMILES string of the molecule is CCCCCCCCCCCCCCCCNC(=O)c1cn(C2CN(C(c3ccccc3)(c3ccccc3)c3ccccc3)CC(CO)O2)c(=O)[nH]c1=O. The number of hydrogen-bond acceptors (Lipinski definition) is 6. The number of aliphatic hydroxyl groups is 1. The number of aliphatic hydroxyl groups excluding tert-OH is 1. The molecule has 0 aliphatic carbocycles. The van der Waals surface area contributed by atoms with Gasteiger partial charge in [0.05, 0.1) is 18.2 Å². The molecule has 3 aromatic carbocycles. The molecular formula is C45H60N4O5. The number of nitrogens with one attached hydrogen (secondary N) is 2. The van der Waals surface area contributed by atoms with Gasteiger partial charge in [0, 0.05) is 25.8 Å². The topological polar surface area (TPSA) is 117 Å². The summed E-state index contributed by atoms with van der Waals surface area (Å²) in [6.07, 6.45) is 17.2. The minimum absolute atomic E-state index is 0.151. The summed E-state index contributed by atoms with van der Waals surface area (Å²) in [6.45, 7) is 3.00. The molecule has 5 rings (SSSR count). The van der Waals surface area contributed by atoms with Gasteiger partial charge in [-0.3, -0.25) is 24.0 Å². The maximum absolute atomic E-state index is 13.4. The number of unbranched alkanes of at least 4 members (excludes halogenated alkanes) is 13. The first kappa shape index (κ1) is 40.9. The van der Waals surface area contributed by atoms with Crippen LogP contribution >= 0.6 is 0 Å². The smallest absolute Gasteiger partial charge is 0.330 e. The Balaban J connectivity index is 1.25. The van der Waals surface area contributed by atoms with E-state index in [0.29, 0.717) is 13.1 Å². The van der Waals surface area contributed by atoms with Gasteiger partial charge in [-0.15, -0.1) is 0 Å². The molecule has 2 unspecified atom stereocenters. The average Bonchev–Trinajstić information content (AvgIpc) is 3.20. The molecule has 3 N–H and O–H groups in total. The Labute approximate surface area is 320 Å². The second kappa shape index (κ2) is 21.5. The molecule has 0 bridgehead atoms. The van der Waals surface area contributed by atoms with Gasteiger partial charge in [0.25, 0.3) is 11.5 Å². The van der Waals surface area contributed by atoms with E-state index < -0.39 is 35.0 Å². The number of carbonyl (C=O) groups is 1. The molecule has 1 aromatic heterocycles. The third kappa shape index (κ3) is 10.7. The fourth-order valence-corrected chi connectivity index (χ4v) is 7.91. The summed E-state index contributed by atoms with van der Waals surface area (Å²) in [5, 5.41) is 13.4. The molecule has 1 aliphatic heterocycles. The third-order valence-electron chi connectivity index (χ3n) is 10.7. The highest BCUT2D eigenvalue weighted by molar-refractivity contribution is 5.93. The first-order chi connectivity index (χ1) is 26.5. The van der Waals surface area contributed by atoms with Crippen molar-refractivity contribution >= 4 is 5.91 Å². The second-order valence-corrected chi connectivity index (χ2v) is 14.7. The van der Waals surface area contributed by atoms with Gasteiger partial charge in [-0.1, -0.05) is 181 Å². The summed E-state index contributed by atoms with van der Waals surface area (Å²) in [5.74, 6) is -0.529. The van der Waals surface area contributed by atoms with E-state index in [0.717, 1.165) is 36.0 Å². The zero-order valence-corrected chi connectivity index (χ0v) is 32.1. The quantitative estimate of drug-likeness (QED) is 0.0558. The van der Waals surface area contributed by atoms with Crippen molar-refractivity contribution in [2.45, 2.75) is 115 Å². The summed E-state index contributed by atoms with van der Waals surface area (Å²) in [4.78, 5) is 44.2. The van der Waals surface area contributed by atoms with Crippen LogP contribution in [0.4, 0.5) is 0 Å². The molecule has 9 heteroatoms. The number of amides is 1. The van der Waals surface area contributed by atoms with Gasteiger partial charge in [-0.05, 0) is 23.1 Å². The van der Waals surface area contributed by atoms with E-state index in [4.69, 9.17) is 4.74 Å². The highest BCUT2D eigenvalue weighted by Crippen LogP contribution is 2.44. The molecule has 1 aliphatic rings. The van der Waals surface area contributed by atoms with Crippen LogP contribution in [-0.4, -0.2) is 57.8 Å². The van der Waals surface area contributed by atoms with Crippen molar-refractivity contribution in [1.82, 2.24) is 19.8 Å². The number of H-pyrrole nitrogens is 1. The molecule has 0 saturated carbocycles. The van der Waals surface area contributed by atoms with Gasteiger partial charge in [0.15, 0.2) is 6.23 Å². The van der Waals surface area contributed by atoms with Crippen LogP contribution in [0.5, 0.6) is 0 Å². The summed E-state index contributed by atoms with van der Waals surface area (Å²) >= 11 is 0. The first-order valence-corrected chi connectivity index (χ1v) is 20.3. The van der Waals surface area contributed by atoms with E-state index in [1.165, 1.54) is 81.4 Å². The van der Waals surface area contributed by atoms with Crippen LogP contribution in [0.1, 0.15) is 130 Å². The van der Waals surface area contributed by atoms with Gasteiger partial charge < -0.3 is 15.2 Å². The number of carbonyl (C=O) groups excluding carboxylic acids is 1. The first-order valence-electron chi connectivity index (χ1n) is 20.3. The molecular weight excluding hydrogens is 677 g/mol. The van der Waals surface area contributed by atoms with Gasteiger partial charge >= 0.3 is 5.69 Å². The van der Waals surface area contributed by atoms with Gasteiger partial charge in [0.1, 0.15) is 5.56 Å². The summed E-state index contributed by atoms with van der Waals surface area (Å²) in [7, 11) is 0. The Morgan fingerprint density at radius 2 is 1.19 bits per heavy atom. The Morgan fingerprint density at radius 3 is 1.65 bits per heavy atom. The van der Waals surface area contributed by atoms with Crippen LogP contribution in [0.3, 0.4) is 0 Å². The molecule has 9 nitrogen and oxygen atoms in total. The Kier molecular flexibility index (Phi) is 16.3. The monoisotopic (exact) mass is 736 g/mol. The fraction of sp³-hybridized carbons (Fsp3) is 0.489. The predicted octanol–water partition coefficient (Wildman–Crippen LogP) is 7.93. The molecule has 0 spiro atoms. The summed E-state index contributed by atoms with van der Waals surface area (Å²) < 4.78 is 7.60. The number of aromatic amines is 1. The van der Waals surface area contributed by atoms with E-state index in [9.17, 15) is 19.5 Å². The zero-order chi connectivity index (χ0) is 38.0. The lowest BCUT2D eigenvalue weighted by Crippen LogP contribution is -2.58. The molecule has 2 heterocycles. The maximum Gasteiger partial charge on any atom is 0.330 e. The lowest BCUT2D eigenvalue weighted by molar-refractivity contribution is -0.151.